The molecule has 0 radical (unpaired) electrons. The Hall–Kier alpha value is -1.65. The molecule has 1 aromatic heterocycles. The first-order chi connectivity index (χ1) is 8.40. The van der Waals surface area contributed by atoms with E-state index < -0.39 is 0 Å². The third-order valence-electron chi connectivity index (χ3n) is 3.25. The summed E-state index contributed by atoms with van der Waals surface area (Å²) in [6.45, 7) is 1.27. The minimum Gasteiger partial charge on any atom is -0.372 e. The van der Waals surface area contributed by atoms with Crippen LogP contribution in [0.2, 0.25) is 0 Å². The highest BCUT2D eigenvalue weighted by molar-refractivity contribution is 5.68. The van der Waals surface area contributed by atoms with Crippen molar-refractivity contribution in [3.8, 4) is 11.1 Å². The molecule has 2 aromatic rings. The fraction of sp³-hybridized carbons (Fsp3) is 0.308. The van der Waals surface area contributed by atoms with E-state index in [1.165, 1.54) is 16.7 Å². The minimum absolute atomic E-state index is 0.0330. The topological polar surface area (TPSA) is 63.9 Å². The van der Waals surface area contributed by atoms with Crippen LogP contribution in [0.1, 0.15) is 17.2 Å². The van der Waals surface area contributed by atoms with E-state index in [1.54, 1.807) is 0 Å². The van der Waals surface area contributed by atoms with Gasteiger partial charge in [-0.15, -0.1) is 0 Å². The van der Waals surface area contributed by atoms with E-state index in [2.05, 4.69) is 28.4 Å². The smallest absolute Gasteiger partial charge is 0.0950 e. The van der Waals surface area contributed by atoms with Crippen molar-refractivity contribution in [1.29, 1.82) is 0 Å². The molecule has 0 amide bonds. The van der Waals surface area contributed by atoms with E-state index >= 15 is 0 Å². The first-order valence-electron chi connectivity index (χ1n) is 5.82. The lowest BCUT2D eigenvalue weighted by molar-refractivity contribution is 0.0486. The van der Waals surface area contributed by atoms with Gasteiger partial charge in [-0.1, -0.05) is 18.2 Å². The maximum absolute atomic E-state index is 5.74. The minimum atomic E-state index is 0.0330. The highest BCUT2D eigenvalue weighted by atomic mass is 16.5. The second-order valence-electron chi connectivity index (χ2n) is 4.21. The summed E-state index contributed by atoms with van der Waals surface area (Å²) in [5.41, 5.74) is 10.7. The van der Waals surface area contributed by atoms with Crippen LogP contribution < -0.4 is 5.73 Å². The molecule has 1 aliphatic rings. The van der Waals surface area contributed by atoms with Gasteiger partial charge in [-0.2, -0.15) is 5.10 Å². The van der Waals surface area contributed by atoms with Crippen LogP contribution in [0.5, 0.6) is 0 Å². The molecule has 1 aromatic carbocycles. The molecule has 17 heavy (non-hydrogen) atoms. The van der Waals surface area contributed by atoms with Crippen LogP contribution in [0.25, 0.3) is 11.1 Å². The first kappa shape index (κ1) is 10.5. The number of rotatable bonds is 2. The SMILES string of the molecule is NC[C@@H]1OCCc2c(-c3cn[nH]c3)cccc21. The van der Waals surface area contributed by atoms with Crippen molar-refractivity contribution in [2.75, 3.05) is 13.2 Å². The Balaban J connectivity index is 2.12. The van der Waals surface area contributed by atoms with Gasteiger partial charge >= 0.3 is 0 Å². The van der Waals surface area contributed by atoms with Crippen LogP contribution in [0.15, 0.2) is 30.6 Å². The molecule has 0 aliphatic carbocycles. The average Bonchev–Trinajstić information content (AvgIpc) is 2.91. The predicted molar refractivity (Wildman–Crippen MR) is 65.5 cm³/mol. The van der Waals surface area contributed by atoms with Crippen molar-refractivity contribution >= 4 is 0 Å². The van der Waals surface area contributed by atoms with Crippen LogP contribution >= 0.6 is 0 Å². The van der Waals surface area contributed by atoms with Crippen LogP contribution in [0.4, 0.5) is 0 Å². The van der Waals surface area contributed by atoms with Crippen molar-refractivity contribution in [1.82, 2.24) is 10.2 Å². The Labute approximate surface area is 99.8 Å². The molecule has 0 bridgehead atoms. The van der Waals surface area contributed by atoms with Crippen molar-refractivity contribution in [3.63, 3.8) is 0 Å². The Morgan fingerprint density at radius 3 is 3.18 bits per heavy atom. The molecule has 4 nitrogen and oxygen atoms in total. The first-order valence-corrected chi connectivity index (χ1v) is 5.82. The van der Waals surface area contributed by atoms with Gasteiger partial charge in [0, 0.05) is 18.3 Å². The molecule has 0 fully saturated rings. The lowest BCUT2D eigenvalue weighted by atomic mass is 9.90. The number of nitrogens with one attached hydrogen (secondary N) is 1. The fourth-order valence-electron chi connectivity index (χ4n) is 2.44. The molecule has 3 rings (SSSR count). The largest absolute Gasteiger partial charge is 0.372 e. The molecule has 0 saturated carbocycles. The molecule has 0 unspecified atom stereocenters. The Morgan fingerprint density at radius 1 is 1.47 bits per heavy atom. The summed E-state index contributed by atoms with van der Waals surface area (Å²) in [6.07, 6.45) is 4.74. The average molecular weight is 229 g/mol. The number of benzene rings is 1. The zero-order valence-corrected chi connectivity index (χ0v) is 9.52. The number of hydrogen-bond acceptors (Lipinski definition) is 3. The summed E-state index contributed by atoms with van der Waals surface area (Å²) >= 11 is 0. The van der Waals surface area contributed by atoms with Gasteiger partial charge in [-0.05, 0) is 23.1 Å². The van der Waals surface area contributed by atoms with E-state index in [0.717, 1.165) is 18.6 Å². The van der Waals surface area contributed by atoms with Gasteiger partial charge in [0.15, 0.2) is 0 Å². The molecular weight excluding hydrogens is 214 g/mol. The van der Waals surface area contributed by atoms with Crippen LogP contribution in [0, 0.1) is 0 Å². The quantitative estimate of drug-likeness (QED) is 0.823. The number of H-pyrrole nitrogens is 1. The molecule has 0 saturated heterocycles. The second kappa shape index (κ2) is 4.31. The number of aromatic nitrogens is 2. The van der Waals surface area contributed by atoms with Crippen molar-refractivity contribution < 1.29 is 4.74 Å². The molecule has 88 valence electrons. The normalized spacial score (nSPS) is 19.0. The van der Waals surface area contributed by atoms with E-state index in [0.29, 0.717) is 6.54 Å². The summed E-state index contributed by atoms with van der Waals surface area (Å²) in [5, 5.41) is 6.86. The molecule has 4 heteroatoms. The number of nitrogens with two attached hydrogens (primary N) is 1. The number of aromatic amines is 1. The molecule has 1 atom stereocenters. The standard InChI is InChI=1S/C13H15N3O/c14-6-13-12-3-1-2-10(9-7-15-16-8-9)11(12)4-5-17-13/h1-3,7-8,13H,4-6,14H2,(H,15,16)/t13-/m0/s1. The third-order valence-corrected chi connectivity index (χ3v) is 3.25. The number of nitrogens with zero attached hydrogens (tertiary/aromatic N) is 1. The highest BCUT2D eigenvalue weighted by Gasteiger charge is 2.22. The summed E-state index contributed by atoms with van der Waals surface area (Å²) in [4.78, 5) is 0. The maximum Gasteiger partial charge on any atom is 0.0950 e. The van der Waals surface area contributed by atoms with E-state index in [9.17, 15) is 0 Å². The van der Waals surface area contributed by atoms with Gasteiger partial charge in [-0.25, -0.2) is 0 Å². The van der Waals surface area contributed by atoms with Gasteiger partial charge in [0.25, 0.3) is 0 Å². The van der Waals surface area contributed by atoms with E-state index in [1.807, 2.05) is 12.4 Å². The number of hydrogen-bond donors (Lipinski definition) is 2. The summed E-state index contributed by atoms with van der Waals surface area (Å²) in [6, 6.07) is 6.29. The molecule has 2 heterocycles. The summed E-state index contributed by atoms with van der Waals surface area (Å²) in [5.74, 6) is 0. The fourth-order valence-corrected chi connectivity index (χ4v) is 2.44. The zero-order valence-electron chi connectivity index (χ0n) is 9.52. The monoisotopic (exact) mass is 229 g/mol. The van der Waals surface area contributed by atoms with Crippen molar-refractivity contribution in [2.24, 2.45) is 5.73 Å². The Morgan fingerprint density at radius 2 is 2.41 bits per heavy atom. The Kier molecular flexibility index (Phi) is 2.66. The third kappa shape index (κ3) is 1.75. The van der Waals surface area contributed by atoms with Crippen LogP contribution in [-0.4, -0.2) is 23.3 Å². The predicted octanol–water partition coefficient (Wildman–Crippen LogP) is 1.65. The molecule has 3 N–H and O–H groups in total. The van der Waals surface area contributed by atoms with Gasteiger partial charge in [-0.3, -0.25) is 5.10 Å². The zero-order chi connectivity index (χ0) is 11.7. The maximum atomic E-state index is 5.74. The second-order valence-corrected chi connectivity index (χ2v) is 4.21. The van der Waals surface area contributed by atoms with Gasteiger partial charge < -0.3 is 10.5 Å². The van der Waals surface area contributed by atoms with Crippen molar-refractivity contribution in [3.05, 3.63) is 41.7 Å². The van der Waals surface area contributed by atoms with Crippen molar-refractivity contribution in [2.45, 2.75) is 12.5 Å². The highest BCUT2D eigenvalue weighted by Crippen LogP contribution is 2.33. The van der Waals surface area contributed by atoms with Crippen LogP contribution in [0.3, 0.4) is 0 Å². The Bertz CT molecular complexity index is 507. The van der Waals surface area contributed by atoms with E-state index in [-0.39, 0.29) is 6.10 Å². The number of ether oxygens (including phenoxy) is 1. The lowest BCUT2D eigenvalue weighted by Crippen LogP contribution is -2.23. The molecule has 0 spiro atoms. The summed E-state index contributed by atoms with van der Waals surface area (Å²) in [7, 11) is 0. The van der Waals surface area contributed by atoms with Crippen LogP contribution in [-0.2, 0) is 11.2 Å². The van der Waals surface area contributed by atoms with Gasteiger partial charge in [0.2, 0.25) is 0 Å². The van der Waals surface area contributed by atoms with Gasteiger partial charge in [0.05, 0.1) is 18.9 Å². The van der Waals surface area contributed by atoms with E-state index in [4.69, 9.17) is 10.5 Å². The summed E-state index contributed by atoms with van der Waals surface area (Å²) < 4.78 is 5.68. The number of fused-ring (bicyclic) bond motifs is 1. The molecular formula is C13H15N3O. The lowest BCUT2D eigenvalue weighted by Gasteiger charge is -2.26. The molecule has 1 aliphatic heterocycles. The van der Waals surface area contributed by atoms with Gasteiger partial charge in [0.1, 0.15) is 0 Å².